The lowest BCUT2D eigenvalue weighted by Crippen LogP contribution is -1.95. The van der Waals surface area contributed by atoms with Gasteiger partial charge in [-0.05, 0) is 5.30 Å². The van der Waals surface area contributed by atoms with Crippen molar-refractivity contribution in [3.8, 4) is 11.4 Å². The van der Waals surface area contributed by atoms with E-state index >= 15 is 0 Å². The van der Waals surface area contributed by atoms with E-state index in [1.54, 1.807) is 0 Å². The minimum Gasteiger partial charge on any atom is -0.135 e. The van der Waals surface area contributed by atoms with Gasteiger partial charge < -0.3 is 0 Å². The predicted molar refractivity (Wildman–Crippen MR) is 52.4 cm³/mol. The zero-order valence-corrected chi connectivity index (χ0v) is 7.91. The average molecular weight is 190 g/mol. The highest BCUT2D eigenvalue weighted by Gasteiger charge is 1.99. The summed E-state index contributed by atoms with van der Waals surface area (Å²) >= 11 is 0. The van der Waals surface area contributed by atoms with Gasteiger partial charge in [0.15, 0.2) is 6.33 Å². The van der Waals surface area contributed by atoms with Gasteiger partial charge in [0.2, 0.25) is 5.82 Å². The third kappa shape index (κ3) is 1.84. The normalized spacial score (nSPS) is 9.92. The van der Waals surface area contributed by atoms with Crippen LogP contribution in [-0.2, 0) is 0 Å². The molecule has 0 fully saturated rings. The highest BCUT2D eigenvalue weighted by molar-refractivity contribution is 7.27. The van der Waals surface area contributed by atoms with E-state index in [0.29, 0.717) is 5.82 Å². The van der Waals surface area contributed by atoms with E-state index in [2.05, 4.69) is 29.6 Å². The van der Waals surface area contributed by atoms with Crippen molar-refractivity contribution in [2.24, 2.45) is 0 Å². The molecule has 1 heterocycles. The standard InChI is InChI=1S/C8H7N4P/c13-7-3-1-6(2-4-7)8-11-9-5-10-12-8/h1-5H,13H2. The first-order valence-corrected chi connectivity index (χ1v) is 4.30. The molecular weight excluding hydrogens is 183 g/mol. The molecule has 0 aliphatic carbocycles. The van der Waals surface area contributed by atoms with Crippen LogP contribution in [0.5, 0.6) is 0 Å². The Morgan fingerprint density at radius 3 is 2.15 bits per heavy atom. The molecule has 1 aromatic carbocycles. The number of hydrogen-bond donors (Lipinski definition) is 0. The van der Waals surface area contributed by atoms with Crippen molar-refractivity contribution in [3.05, 3.63) is 30.6 Å². The van der Waals surface area contributed by atoms with Gasteiger partial charge in [-0.3, -0.25) is 0 Å². The van der Waals surface area contributed by atoms with Gasteiger partial charge in [0.05, 0.1) is 0 Å². The summed E-state index contributed by atoms with van der Waals surface area (Å²) < 4.78 is 0. The van der Waals surface area contributed by atoms with E-state index in [1.807, 2.05) is 24.3 Å². The Morgan fingerprint density at radius 1 is 0.923 bits per heavy atom. The van der Waals surface area contributed by atoms with Crippen LogP contribution in [0.3, 0.4) is 0 Å². The van der Waals surface area contributed by atoms with Gasteiger partial charge in [0.1, 0.15) is 0 Å². The fourth-order valence-corrected chi connectivity index (χ4v) is 1.14. The number of hydrogen-bond acceptors (Lipinski definition) is 4. The number of aromatic nitrogens is 4. The zero-order chi connectivity index (χ0) is 9.10. The highest BCUT2D eigenvalue weighted by Crippen LogP contribution is 2.10. The molecule has 1 unspecified atom stereocenters. The van der Waals surface area contributed by atoms with Crippen molar-refractivity contribution < 1.29 is 0 Å². The topological polar surface area (TPSA) is 51.6 Å². The largest absolute Gasteiger partial charge is 0.203 e. The van der Waals surface area contributed by atoms with E-state index in [9.17, 15) is 0 Å². The molecule has 0 bridgehead atoms. The van der Waals surface area contributed by atoms with Crippen LogP contribution in [0, 0.1) is 0 Å². The van der Waals surface area contributed by atoms with Crippen LogP contribution in [-0.4, -0.2) is 20.4 Å². The Bertz CT molecular complexity index is 387. The minimum atomic E-state index is 0.549. The Balaban J connectivity index is 2.42. The van der Waals surface area contributed by atoms with Crippen LogP contribution >= 0.6 is 9.24 Å². The van der Waals surface area contributed by atoms with E-state index in [-0.39, 0.29) is 0 Å². The van der Waals surface area contributed by atoms with E-state index < -0.39 is 0 Å². The van der Waals surface area contributed by atoms with Crippen LogP contribution in [0.4, 0.5) is 0 Å². The van der Waals surface area contributed by atoms with Crippen LogP contribution in [0.15, 0.2) is 30.6 Å². The van der Waals surface area contributed by atoms with Crippen molar-refractivity contribution >= 4 is 14.5 Å². The van der Waals surface area contributed by atoms with Gasteiger partial charge in [0.25, 0.3) is 0 Å². The molecule has 1 atom stereocenters. The molecule has 0 saturated heterocycles. The van der Waals surface area contributed by atoms with Gasteiger partial charge in [-0.15, -0.1) is 29.6 Å². The van der Waals surface area contributed by atoms with Crippen molar-refractivity contribution in [2.45, 2.75) is 0 Å². The lowest BCUT2D eigenvalue weighted by molar-refractivity contribution is 0.865. The fraction of sp³-hybridized carbons (Fsp3) is 0. The Labute approximate surface area is 77.6 Å². The molecule has 64 valence electrons. The molecule has 0 aliphatic rings. The molecule has 2 rings (SSSR count). The fourth-order valence-electron chi connectivity index (χ4n) is 0.952. The van der Waals surface area contributed by atoms with Gasteiger partial charge in [-0.25, -0.2) is 0 Å². The van der Waals surface area contributed by atoms with E-state index in [4.69, 9.17) is 0 Å². The van der Waals surface area contributed by atoms with Crippen LogP contribution < -0.4 is 5.30 Å². The Morgan fingerprint density at radius 2 is 1.54 bits per heavy atom. The first kappa shape index (κ1) is 8.20. The molecule has 0 saturated carbocycles. The second kappa shape index (κ2) is 3.54. The lowest BCUT2D eigenvalue weighted by atomic mass is 10.2. The van der Waals surface area contributed by atoms with Gasteiger partial charge in [-0.2, -0.15) is 0 Å². The molecule has 0 amide bonds. The lowest BCUT2D eigenvalue weighted by Gasteiger charge is -1.96. The molecule has 13 heavy (non-hydrogen) atoms. The van der Waals surface area contributed by atoms with Crippen molar-refractivity contribution in [3.63, 3.8) is 0 Å². The summed E-state index contributed by atoms with van der Waals surface area (Å²) in [5.74, 6) is 0.549. The highest BCUT2D eigenvalue weighted by atomic mass is 31.0. The molecule has 0 radical (unpaired) electrons. The Hall–Kier alpha value is -1.41. The SMILES string of the molecule is Pc1ccc(-c2nncnn2)cc1. The first-order chi connectivity index (χ1) is 6.36. The van der Waals surface area contributed by atoms with Crippen molar-refractivity contribution in [2.75, 3.05) is 0 Å². The summed E-state index contributed by atoms with van der Waals surface area (Å²) in [6.45, 7) is 0. The second-order valence-electron chi connectivity index (χ2n) is 2.49. The third-order valence-corrected chi connectivity index (χ3v) is 1.96. The molecule has 1 aromatic heterocycles. The second-order valence-corrected chi connectivity index (χ2v) is 3.16. The van der Waals surface area contributed by atoms with Gasteiger partial charge >= 0.3 is 0 Å². The summed E-state index contributed by atoms with van der Waals surface area (Å²) in [5.41, 5.74) is 0.923. The molecular formula is C8H7N4P. The van der Waals surface area contributed by atoms with Crippen LogP contribution in [0.1, 0.15) is 0 Å². The summed E-state index contributed by atoms with van der Waals surface area (Å²) in [5, 5.41) is 16.1. The summed E-state index contributed by atoms with van der Waals surface area (Å²) in [6.07, 6.45) is 1.31. The number of nitrogens with zero attached hydrogens (tertiary/aromatic N) is 4. The van der Waals surface area contributed by atoms with Gasteiger partial charge in [0, 0.05) is 5.56 Å². The molecule has 0 aliphatic heterocycles. The maximum Gasteiger partial charge on any atom is 0.203 e. The first-order valence-electron chi connectivity index (χ1n) is 3.72. The Kier molecular flexibility index (Phi) is 2.23. The summed E-state index contributed by atoms with van der Waals surface area (Å²) in [7, 11) is 2.62. The maximum atomic E-state index is 3.85. The molecule has 2 aromatic rings. The summed E-state index contributed by atoms with van der Waals surface area (Å²) in [4.78, 5) is 0. The minimum absolute atomic E-state index is 0.549. The molecule has 4 nitrogen and oxygen atoms in total. The summed E-state index contributed by atoms with van der Waals surface area (Å²) in [6, 6.07) is 7.80. The number of benzene rings is 1. The average Bonchev–Trinajstić information content (AvgIpc) is 2.20. The zero-order valence-electron chi connectivity index (χ0n) is 6.75. The maximum absolute atomic E-state index is 3.85. The molecule has 5 heteroatoms. The smallest absolute Gasteiger partial charge is 0.135 e. The molecule has 0 spiro atoms. The van der Waals surface area contributed by atoms with Crippen LogP contribution in [0.25, 0.3) is 11.4 Å². The third-order valence-electron chi connectivity index (χ3n) is 1.58. The van der Waals surface area contributed by atoms with Crippen molar-refractivity contribution in [1.29, 1.82) is 0 Å². The van der Waals surface area contributed by atoms with Crippen LogP contribution in [0.2, 0.25) is 0 Å². The van der Waals surface area contributed by atoms with Gasteiger partial charge in [-0.1, -0.05) is 24.3 Å². The quantitative estimate of drug-likeness (QED) is 0.612. The van der Waals surface area contributed by atoms with E-state index in [0.717, 1.165) is 10.9 Å². The molecule has 0 N–H and O–H groups in total. The number of rotatable bonds is 1. The predicted octanol–water partition coefficient (Wildman–Crippen LogP) is 0.434. The van der Waals surface area contributed by atoms with E-state index in [1.165, 1.54) is 6.33 Å². The van der Waals surface area contributed by atoms with Crippen molar-refractivity contribution in [1.82, 2.24) is 20.4 Å². The monoisotopic (exact) mass is 190 g/mol.